The lowest BCUT2D eigenvalue weighted by molar-refractivity contribution is -0.121. The van der Waals surface area contributed by atoms with E-state index in [-0.39, 0.29) is 24.8 Å². The van der Waals surface area contributed by atoms with E-state index in [0.29, 0.717) is 17.9 Å². The van der Waals surface area contributed by atoms with E-state index >= 15 is 0 Å². The van der Waals surface area contributed by atoms with Crippen LogP contribution >= 0.6 is 0 Å². The summed E-state index contributed by atoms with van der Waals surface area (Å²) in [4.78, 5) is 23.9. The molecule has 3 N–H and O–H groups in total. The highest BCUT2D eigenvalue weighted by atomic mass is 16.2. The average Bonchev–Trinajstić information content (AvgIpc) is 3.22. The zero-order valence-corrected chi connectivity index (χ0v) is 14.0. The molecule has 3 aromatic rings. The van der Waals surface area contributed by atoms with Gasteiger partial charge < -0.3 is 10.6 Å². The molecule has 1 aromatic heterocycles. The predicted molar refractivity (Wildman–Crippen MR) is 94.9 cm³/mol. The molecular formula is C18H18N6O2. The number of nitrogens with one attached hydrogen (secondary N) is 3. The lowest BCUT2D eigenvalue weighted by Crippen LogP contribution is -2.30. The summed E-state index contributed by atoms with van der Waals surface area (Å²) < 4.78 is 0. The fourth-order valence-corrected chi connectivity index (χ4v) is 2.33. The highest BCUT2D eigenvalue weighted by molar-refractivity contribution is 5.94. The van der Waals surface area contributed by atoms with Crippen molar-refractivity contribution < 1.29 is 9.59 Å². The van der Waals surface area contributed by atoms with Crippen LogP contribution in [-0.4, -0.2) is 39.0 Å². The van der Waals surface area contributed by atoms with Gasteiger partial charge in [-0.15, -0.1) is 10.2 Å². The van der Waals surface area contributed by atoms with Crippen LogP contribution < -0.4 is 10.6 Å². The van der Waals surface area contributed by atoms with Gasteiger partial charge in [0.2, 0.25) is 11.7 Å². The Morgan fingerprint density at radius 2 is 1.73 bits per heavy atom. The lowest BCUT2D eigenvalue weighted by Gasteiger charge is -2.07. The molecule has 26 heavy (non-hydrogen) atoms. The highest BCUT2D eigenvalue weighted by Crippen LogP contribution is 2.13. The van der Waals surface area contributed by atoms with Crippen molar-refractivity contribution in [3.8, 4) is 11.4 Å². The van der Waals surface area contributed by atoms with Gasteiger partial charge in [-0.3, -0.25) is 9.59 Å². The topological polar surface area (TPSA) is 113 Å². The van der Waals surface area contributed by atoms with Crippen molar-refractivity contribution in [3.63, 3.8) is 0 Å². The first-order chi connectivity index (χ1) is 12.7. The second-order valence-electron chi connectivity index (χ2n) is 5.58. The van der Waals surface area contributed by atoms with Crippen LogP contribution in [0.5, 0.6) is 0 Å². The van der Waals surface area contributed by atoms with Crippen molar-refractivity contribution >= 4 is 11.8 Å². The summed E-state index contributed by atoms with van der Waals surface area (Å²) >= 11 is 0. The monoisotopic (exact) mass is 350 g/mol. The van der Waals surface area contributed by atoms with Crippen LogP contribution in [0.15, 0.2) is 54.6 Å². The number of H-pyrrole nitrogens is 1. The Kier molecular flexibility index (Phi) is 5.66. The largest absolute Gasteiger partial charge is 0.352 e. The molecule has 0 aliphatic heterocycles. The zero-order valence-electron chi connectivity index (χ0n) is 14.0. The molecule has 0 bridgehead atoms. The zero-order chi connectivity index (χ0) is 18.2. The van der Waals surface area contributed by atoms with Crippen molar-refractivity contribution in [3.05, 3.63) is 65.7 Å². The molecule has 0 saturated carbocycles. The maximum atomic E-state index is 12.1. The summed E-state index contributed by atoms with van der Waals surface area (Å²) in [5.41, 5.74) is 2.30. The molecule has 2 amide bonds. The normalized spacial score (nSPS) is 10.3. The van der Waals surface area contributed by atoms with E-state index in [2.05, 4.69) is 31.3 Å². The number of hydrogen-bond donors (Lipinski definition) is 3. The van der Waals surface area contributed by atoms with Crippen LogP contribution in [0.25, 0.3) is 11.4 Å². The number of amides is 2. The number of tetrazole rings is 1. The fourth-order valence-electron chi connectivity index (χ4n) is 2.33. The van der Waals surface area contributed by atoms with Gasteiger partial charge in [0.1, 0.15) is 0 Å². The van der Waals surface area contributed by atoms with Gasteiger partial charge in [-0.05, 0) is 22.9 Å². The number of aromatic amines is 1. The highest BCUT2D eigenvalue weighted by Gasteiger charge is 2.08. The molecule has 8 nitrogen and oxygen atoms in total. The van der Waals surface area contributed by atoms with Crippen molar-refractivity contribution in [2.24, 2.45) is 0 Å². The Morgan fingerprint density at radius 3 is 2.42 bits per heavy atom. The molecule has 1 heterocycles. The molecular weight excluding hydrogens is 332 g/mol. The van der Waals surface area contributed by atoms with E-state index in [4.69, 9.17) is 0 Å². The number of carbonyl (C=O) groups is 2. The van der Waals surface area contributed by atoms with E-state index in [9.17, 15) is 9.59 Å². The summed E-state index contributed by atoms with van der Waals surface area (Å²) in [6.07, 6.45) is 0.222. The first kappa shape index (κ1) is 17.3. The first-order valence-electron chi connectivity index (χ1n) is 8.15. The number of hydrogen-bond acceptors (Lipinski definition) is 5. The van der Waals surface area contributed by atoms with Crippen molar-refractivity contribution in [2.75, 3.05) is 6.54 Å². The summed E-state index contributed by atoms with van der Waals surface area (Å²) in [7, 11) is 0. The molecule has 3 rings (SSSR count). The van der Waals surface area contributed by atoms with E-state index in [0.717, 1.165) is 11.1 Å². The third kappa shape index (κ3) is 4.73. The number of nitrogens with zero attached hydrogens (tertiary/aromatic N) is 3. The number of carbonyl (C=O) groups excluding carboxylic acids is 2. The SMILES string of the molecule is O=C(CCNC(=O)c1ccc(-c2nn[nH]n2)cc1)NCc1ccccc1. The minimum atomic E-state index is -0.236. The van der Waals surface area contributed by atoms with Gasteiger partial charge in [-0.25, -0.2) is 0 Å². The summed E-state index contributed by atoms with van der Waals surface area (Å²) in [5, 5.41) is 19.2. The van der Waals surface area contributed by atoms with Crippen LogP contribution in [0.1, 0.15) is 22.3 Å². The van der Waals surface area contributed by atoms with E-state index < -0.39 is 0 Å². The molecule has 0 aliphatic carbocycles. The Bertz CT molecular complexity index is 847. The van der Waals surface area contributed by atoms with E-state index in [1.165, 1.54) is 0 Å². The average molecular weight is 350 g/mol. The second kappa shape index (κ2) is 8.52. The molecule has 0 saturated heterocycles. The predicted octanol–water partition coefficient (Wildman–Crippen LogP) is 1.30. The lowest BCUT2D eigenvalue weighted by atomic mass is 10.1. The minimum Gasteiger partial charge on any atom is -0.352 e. The molecule has 0 spiro atoms. The van der Waals surface area contributed by atoms with Crippen molar-refractivity contribution in [1.82, 2.24) is 31.3 Å². The van der Waals surface area contributed by atoms with Gasteiger partial charge in [0.05, 0.1) is 0 Å². The second-order valence-corrected chi connectivity index (χ2v) is 5.58. The van der Waals surface area contributed by atoms with Crippen LogP contribution in [0.4, 0.5) is 0 Å². The maximum absolute atomic E-state index is 12.1. The van der Waals surface area contributed by atoms with Gasteiger partial charge in [-0.2, -0.15) is 5.21 Å². The maximum Gasteiger partial charge on any atom is 0.251 e. The van der Waals surface area contributed by atoms with Crippen molar-refractivity contribution in [1.29, 1.82) is 0 Å². The summed E-state index contributed by atoms with van der Waals surface area (Å²) in [5.74, 6) is 0.120. The smallest absolute Gasteiger partial charge is 0.251 e. The van der Waals surface area contributed by atoms with Gasteiger partial charge in [0, 0.05) is 30.6 Å². The Hall–Kier alpha value is -3.55. The van der Waals surface area contributed by atoms with Crippen LogP contribution in [0, 0.1) is 0 Å². The quantitative estimate of drug-likeness (QED) is 0.594. The Balaban J connectivity index is 1.41. The number of rotatable bonds is 7. The summed E-state index contributed by atoms with van der Waals surface area (Å²) in [6.45, 7) is 0.747. The van der Waals surface area contributed by atoms with Crippen LogP contribution in [0.2, 0.25) is 0 Å². The molecule has 0 atom stereocenters. The molecule has 2 aromatic carbocycles. The molecule has 0 radical (unpaired) electrons. The van der Waals surface area contributed by atoms with Gasteiger partial charge in [0.25, 0.3) is 5.91 Å². The van der Waals surface area contributed by atoms with Gasteiger partial charge >= 0.3 is 0 Å². The third-order valence-corrected chi connectivity index (χ3v) is 3.72. The standard InChI is InChI=1S/C18H18N6O2/c25-16(20-12-13-4-2-1-3-5-13)10-11-19-18(26)15-8-6-14(7-9-15)17-21-23-24-22-17/h1-9H,10-12H2,(H,19,26)(H,20,25)(H,21,22,23,24). The number of benzene rings is 2. The Labute approximate surface area is 150 Å². The van der Waals surface area contributed by atoms with E-state index in [1.807, 2.05) is 30.3 Å². The minimum absolute atomic E-state index is 0.110. The third-order valence-electron chi connectivity index (χ3n) is 3.72. The molecule has 0 fully saturated rings. The van der Waals surface area contributed by atoms with Crippen LogP contribution in [-0.2, 0) is 11.3 Å². The van der Waals surface area contributed by atoms with Gasteiger partial charge in [0.15, 0.2) is 0 Å². The fraction of sp³-hybridized carbons (Fsp3) is 0.167. The van der Waals surface area contributed by atoms with Crippen LogP contribution in [0.3, 0.4) is 0 Å². The van der Waals surface area contributed by atoms with E-state index in [1.54, 1.807) is 24.3 Å². The molecule has 0 unspecified atom stereocenters. The molecule has 8 heteroatoms. The van der Waals surface area contributed by atoms with Gasteiger partial charge in [-0.1, -0.05) is 42.5 Å². The number of aromatic nitrogens is 4. The van der Waals surface area contributed by atoms with Crippen molar-refractivity contribution in [2.45, 2.75) is 13.0 Å². The summed E-state index contributed by atoms with van der Waals surface area (Å²) in [6, 6.07) is 16.5. The molecule has 132 valence electrons. The molecule has 0 aliphatic rings. The Morgan fingerprint density at radius 1 is 0.962 bits per heavy atom. The first-order valence-corrected chi connectivity index (χ1v) is 8.15.